The molecule has 1 heterocycles. The molecule has 0 aliphatic carbocycles. The van der Waals surface area contributed by atoms with Crippen molar-refractivity contribution in [3.8, 4) is 0 Å². The van der Waals surface area contributed by atoms with Crippen LogP contribution in [0.15, 0.2) is 24.3 Å². The molecule has 18 heavy (non-hydrogen) atoms. The first-order valence-corrected chi connectivity index (χ1v) is 5.98. The van der Waals surface area contributed by atoms with Crippen molar-refractivity contribution in [3.63, 3.8) is 0 Å². The molecule has 0 bridgehead atoms. The van der Waals surface area contributed by atoms with E-state index in [4.69, 9.17) is 5.73 Å². The lowest BCUT2D eigenvalue weighted by Gasteiger charge is -2.13. The number of fused-ring (bicyclic) bond motifs is 1. The molecule has 5 heteroatoms. The third-order valence-electron chi connectivity index (χ3n) is 2.89. The smallest absolute Gasteiger partial charge is 0.242 e. The molecule has 1 aromatic carbocycles. The number of carbonyl (C=O) groups is 1. The Morgan fingerprint density at radius 2 is 2.11 bits per heavy atom. The van der Waals surface area contributed by atoms with Crippen molar-refractivity contribution >= 4 is 16.9 Å². The summed E-state index contributed by atoms with van der Waals surface area (Å²) in [5, 5.41) is 0. The number of hydrogen-bond donors (Lipinski definition) is 1. The minimum absolute atomic E-state index is 0.0522. The van der Waals surface area contributed by atoms with E-state index in [-0.39, 0.29) is 5.91 Å². The van der Waals surface area contributed by atoms with Crippen molar-refractivity contribution in [1.29, 1.82) is 0 Å². The Bertz CT molecular complexity index is 559. The summed E-state index contributed by atoms with van der Waals surface area (Å²) in [6, 6.07) is 7.82. The van der Waals surface area contributed by atoms with Gasteiger partial charge in [0, 0.05) is 20.5 Å². The summed E-state index contributed by atoms with van der Waals surface area (Å²) in [5.41, 5.74) is 7.49. The van der Waals surface area contributed by atoms with Crippen molar-refractivity contribution in [2.45, 2.75) is 13.0 Å². The van der Waals surface area contributed by atoms with Crippen molar-refractivity contribution in [2.24, 2.45) is 5.73 Å². The van der Waals surface area contributed by atoms with E-state index < -0.39 is 0 Å². The highest BCUT2D eigenvalue weighted by atomic mass is 16.2. The van der Waals surface area contributed by atoms with E-state index in [0.29, 0.717) is 19.5 Å². The van der Waals surface area contributed by atoms with Crippen LogP contribution < -0.4 is 5.73 Å². The Kier molecular flexibility index (Phi) is 3.62. The fraction of sp³-hybridized carbons (Fsp3) is 0.385. The summed E-state index contributed by atoms with van der Waals surface area (Å²) in [5.74, 6) is 0.922. The summed E-state index contributed by atoms with van der Waals surface area (Å²) in [6.07, 6.45) is 0.676. The van der Waals surface area contributed by atoms with Gasteiger partial charge in [0.15, 0.2) is 0 Å². The van der Waals surface area contributed by atoms with Crippen LogP contribution in [0.2, 0.25) is 0 Å². The third kappa shape index (κ3) is 2.36. The van der Waals surface area contributed by atoms with Gasteiger partial charge in [-0.1, -0.05) is 12.1 Å². The number of aromatic nitrogens is 2. The lowest BCUT2D eigenvalue weighted by molar-refractivity contribution is -0.129. The van der Waals surface area contributed by atoms with E-state index in [1.165, 1.54) is 0 Å². The second-order valence-corrected chi connectivity index (χ2v) is 4.43. The Morgan fingerprint density at radius 3 is 2.78 bits per heavy atom. The molecule has 1 aromatic heterocycles. The van der Waals surface area contributed by atoms with Gasteiger partial charge in [-0.15, -0.1) is 0 Å². The minimum Gasteiger partial charge on any atom is -0.347 e. The van der Waals surface area contributed by atoms with Crippen molar-refractivity contribution in [3.05, 3.63) is 30.1 Å². The number of imidazole rings is 1. The Balaban J connectivity index is 2.44. The number of likely N-dealkylation sites (N-methyl/N-ethyl adjacent to an activating group) is 1. The van der Waals surface area contributed by atoms with Crippen LogP contribution in [0.25, 0.3) is 11.0 Å². The highest BCUT2D eigenvalue weighted by molar-refractivity contribution is 5.80. The number of carbonyl (C=O) groups excluding carboxylic acids is 1. The fourth-order valence-corrected chi connectivity index (χ4v) is 1.90. The van der Waals surface area contributed by atoms with Crippen LogP contribution in [0, 0.1) is 0 Å². The van der Waals surface area contributed by atoms with Gasteiger partial charge in [-0.25, -0.2) is 4.98 Å². The molecule has 5 nitrogen and oxygen atoms in total. The largest absolute Gasteiger partial charge is 0.347 e. The molecule has 0 aliphatic rings. The molecule has 0 radical (unpaired) electrons. The lowest BCUT2D eigenvalue weighted by Crippen LogP contribution is -2.27. The molecule has 0 atom stereocenters. The molecule has 0 saturated heterocycles. The van der Waals surface area contributed by atoms with Gasteiger partial charge in [-0.2, -0.15) is 0 Å². The van der Waals surface area contributed by atoms with E-state index in [1.807, 2.05) is 28.8 Å². The van der Waals surface area contributed by atoms with E-state index >= 15 is 0 Å². The number of nitrogens with zero attached hydrogens (tertiary/aromatic N) is 3. The van der Waals surface area contributed by atoms with Gasteiger partial charge in [0.05, 0.1) is 11.0 Å². The van der Waals surface area contributed by atoms with Gasteiger partial charge in [-0.05, 0) is 18.7 Å². The molecule has 2 aromatic rings. The minimum atomic E-state index is 0.0522. The summed E-state index contributed by atoms with van der Waals surface area (Å²) in [4.78, 5) is 18.0. The number of benzene rings is 1. The monoisotopic (exact) mass is 246 g/mol. The second kappa shape index (κ2) is 5.18. The number of rotatable bonds is 4. The van der Waals surface area contributed by atoms with Gasteiger partial charge >= 0.3 is 0 Å². The maximum Gasteiger partial charge on any atom is 0.242 e. The molecule has 0 aliphatic heterocycles. The molecule has 2 rings (SSSR count). The molecule has 0 saturated carbocycles. The summed E-state index contributed by atoms with van der Waals surface area (Å²) in [6.45, 7) is 0.836. The molecule has 1 amide bonds. The van der Waals surface area contributed by atoms with E-state index in [0.717, 1.165) is 16.9 Å². The van der Waals surface area contributed by atoms with Crippen LogP contribution in [0.3, 0.4) is 0 Å². The molecule has 2 N–H and O–H groups in total. The van der Waals surface area contributed by atoms with Crippen LogP contribution in [0.5, 0.6) is 0 Å². The standard InChI is InChI=1S/C13H18N4O/c1-16(2)13(18)9-17-11-6-4-3-5-10(11)15-12(17)7-8-14/h3-6H,7-9,14H2,1-2H3. The van der Waals surface area contributed by atoms with E-state index in [9.17, 15) is 4.79 Å². The van der Waals surface area contributed by atoms with Crippen LogP contribution in [-0.4, -0.2) is 41.0 Å². The Morgan fingerprint density at radius 1 is 1.39 bits per heavy atom. The maximum absolute atomic E-state index is 11.9. The normalized spacial score (nSPS) is 10.8. The van der Waals surface area contributed by atoms with Gasteiger partial charge < -0.3 is 15.2 Å². The number of amides is 1. The third-order valence-corrected chi connectivity index (χ3v) is 2.89. The average Bonchev–Trinajstić information content (AvgIpc) is 2.68. The van der Waals surface area contributed by atoms with Gasteiger partial charge in [-0.3, -0.25) is 4.79 Å². The SMILES string of the molecule is CN(C)C(=O)Cn1c(CCN)nc2ccccc21. The quantitative estimate of drug-likeness (QED) is 0.860. The Hall–Kier alpha value is -1.88. The number of nitrogens with two attached hydrogens (primary N) is 1. The average molecular weight is 246 g/mol. The zero-order valence-corrected chi connectivity index (χ0v) is 10.8. The maximum atomic E-state index is 11.9. The summed E-state index contributed by atoms with van der Waals surface area (Å²) in [7, 11) is 3.51. The van der Waals surface area contributed by atoms with Gasteiger partial charge in [0.25, 0.3) is 0 Å². The molecule has 0 unspecified atom stereocenters. The fourth-order valence-electron chi connectivity index (χ4n) is 1.90. The first kappa shape index (κ1) is 12.6. The first-order chi connectivity index (χ1) is 8.63. The lowest BCUT2D eigenvalue weighted by atomic mass is 10.3. The van der Waals surface area contributed by atoms with Crippen molar-refractivity contribution in [2.75, 3.05) is 20.6 Å². The predicted molar refractivity (Wildman–Crippen MR) is 71.2 cm³/mol. The first-order valence-electron chi connectivity index (χ1n) is 5.98. The topological polar surface area (TPSA) is 64.2 Å². The second-order valence-electron chi connectivity index (χ2n) is 4.43. The molecule has 0 fully saturated rings. The van der Waals surface area contributed by atoms with Crippen molar-refractivity contribution in [1.82, 2.24) is 14.5 Å². The zero-order chi connectivity index (χ0) is 13.1. The number of para-hydroxylation sites is 2. The summed E-state index contributed by atoms with van der Waals surface area (Å²) >= 11 is 0. The zero-order valence-electron chi connectivity index (χ0n) is 10.8. The highest BCUT2D eigenvalue weighted by Gasteiger charge is 2.13. The summed E-state index contributed by atoms with van der Waals surface area (Å²) < 4.78 is 1.95. The van der Waals surface area contributed by atoms with Crippen molar-refractivity contribution < 1.29 is 4.79 Å². The Labute approximate surface area is 106 Å². The van der Waals surface area contributed by atoms with E-state index in [2.05, 4.69) is 4.98 Å². The highest BCUT2D eigenvalue weighted by Crippen LogP contribution is 2.16. The van der Waals surface area contributed by atoms with Crippen LogP contribution >= 0.6 is 0 Å². The van der Waals surface area contributed by atoms with Gasteiger partial charge in [0.2, 0.25) is 5.91 Å². The van der Waals surface area contributed by atoms with Crippen LogP contribution in [0.4, 0.5) is 0 Å². The predicted octanol–water partition coefficient (Wildman–Crippen LogP) is 0.626. The van der Waals surface area contributed by atoms with E-state index in [1.54, 1.807) is 19.0 Å². The van der Waals surface area contributed by atoms with Crippen LogP contribution in [0.1, 0.15) is 5.82 Å². The van der Waals surface area contributed by atoms with Gasteiger partial charge in [0.1, 0.15) is 12.4 Å². The molecular weight excluding hydrogens is 228 g/mol. The molecule has 0 spiro atoms. The molecule has 96 valence electrons. The number of hydrogen-bond acceptors (Lipinski definition) is 3. The molecular formula is C13H18N4O. The van der Waals surface area contributed by atoms with Crippen LogP contribution in [-0.2, 0) is 17.8 Å².